The van der Waals surface area contributed by atoms with E-state index in [0.29, 0.717) is 17.9 Å². The summed E-state index contributed by atoms with van der Waals surface area (Å²) in [5, 5.41) is 19.6. The van der Waals surface area contributed by atoms with Gasteiger partial charge in [-0.1, -0.05) is 5.16 Å². The zero-order chi connectivity index (χ0) is 13.7. The molecule has 2 heterocycles. The Hall–Kier alpha value is -2.70. The van der Waals surface area contributed by atoms with E-state index in [1.54, 1.807) is 18.5 Å². The van der Waals surface area contributed by atoms with Crippen molar-refractivity contribution in [3.63, 3.8) is 0 Å². The molecular weight excluding hydrogens is 244 g/mol. The van der Waals surface area contributed by atoms with E-state index in [2.05, 4.69) is 20.3 Å². The maximum Gasteiger partial charge on any atom is 0.173 e. The van der Waals surface area contributed by atoms with Crippen molar-refractivity contribution < 1.29 is 5.21 Å². The molecule has 0 amide bonds. The molecule has 2 rings (SSSR count). The van der Waals surface area contributed by atoms with Gasteiger partial charge in [0.05, 0.1) is 11.8 Å². The molecule has 0 atom stereocenters. The van der Waals surface area contributed by atoms with Crippen LogP contribution in [-0.2, 0) is 6.54 Å². The lowest BCUT2D eigenvalue weighted by atomic mass is 10.2. The first-order valence-corrected chi connectivity index (χ1v) is 5.62. The van der Waals surface area contributed by atoms with Crippen LogP contribution in [0.1, 0.15) is 11.1 Å². The van der Waals surface area contributed by atoms with E-state index in [1.807, 2.05) is 24.1 Å². The van der Waals surface area contributed by atoms with Crippen LogP contribution in [0.5, 0.6) is 0 Å². The van der Waals surface area contributed by atoms with Crippen LogP contribution < -0.4 is 10.6 Å². The number of anilines is 1. The Labute approximate surface area is 110 Å². The average Bonchev–Trinajstić information content (AvgIpc) is 2.47. The molecule has 0 fully saturated rings. The average molecular weight is 258 g/mol. The second kappa shape index (κ2) is 5.76. The first-order chi connectivity index (χ1) is 9.22. The summed E-state index contributed by atoms with van der Waals surface area (Å²) in [5.41, 5.74) is 7.24. The fraction of sp³-hybridized carbons (Fsp3) is 0.167. The molecule has 0 aliphatic heterocycles. The molecule has 0 unspecified atom stereocenters. The number of rotatable bonds is 4. The van der Waals surface area contributed by atoms with Crippen molar-refractivity contribution in [1.82, 2.24) is 15.2 Å². The third-order valence-electron chi connectivity index (χ3n) is 2.62. The number of hydrogen-bond donors (Lipinski definition) is 2. The molecule has 98 valence electrons. The summed E-state index contributed by atoms with van der Waals surface area (Å²) in [4.78, 5) is 5.84. The molecule has 0 saturated heterocycles. The Kier molecular flexibility index (Phi) is 3.87. The topological polar surface area (TPSA) is 101 Å². The maximum atomic E-state index is 8.77. The van der Waals surface area contributed by atoms with Gasteiger partial charge in [0.15, 0.2) is 11.7 Å². The SMILES string of the molecule is CN(Cc1ccncc1)c1nnccc1/C(N)=N/O. The molecule has 0 radical (unpaired) electrons. The van der Waals surface area contributed by atoms with Crippen LogP contribution in [0.2, 0.25) is 0 Å². The summed E-state index contributed by atoms with van der Waals surface area (Å²) in [6.07, 6.45) is 4.95. The highest BCUT2D eigenvalue weighted by molar-refractivity contribution is 6.01. The molecule has 7 heteroatoms. The largest absolute Gasteiger partial charge is 0.409 e. The standard InChI is InChI=1S/C12H14N6O/c1-18(8-9-2-5-14-6-3-9)12-10(11(13)17-19)4-7-15-16-12/h2-7,19H,8H2,1H3,(H2,13,17). The zero-order valence-corrected chi connectivity index (χ0v) is 10.4. The van der Waals surface area contributed by atoms with Crippen LogP contribution in [0.3, 0.4) is 0 Å². The molecule has 0 bridgehead atoms. The molecule has 2 aromatic heterocycles. The Morgan fingerprint density at radius 3 is 2.74 bits per heavy atom. The third-order valence-corrected chi connectivity index (χ3v) is 2.62. The Morgan fingerprint density at radius 2 is 2.05 bits per heavy atom. The highest BCUT2D eigenvalue weighted by Gasteiger charge is 2.13. The van der Waals surface area contributed by atoms with Crippen LogP contribution in [0.25, 0.3) is 0 Å². The molecule has 0 spiro atoms. The van der Waals surface area contributed by atoms with E-state index in [4.69, 9.17) is 10.9 Å². The Balaban J connectivity index is 2.27. The third kappa shape index (κ3) is 2.95. The van der Waals surface area contributed by atoms with Gasteiger partial charge in [-0.3, -0.25) is 4.98 Å². The van der Waals surface area contributed by atoms with Gasteiger partial charge in [-0.2, -0.15) is 5.10 Å². The van der Waals surface area contributed by atoms with Crippen molar-refractivity contribution >= 4 is 11.7 Å². The molecule has 0 saturated carbocycles. The van der Waals surface area contributed by atoms with Crippen LogP contribution in [-0.4, -0.2) is 33.3 Å². The van der Waals surface area contributed by atoms with Gasteiger partial charge >= 0.3 is 0 Å². The predicted octanol–water partition coefficient (Wildman–Crippen LogP) is 0.603. The van der Waals surface area contributed by atoms with Crippen LogP contribution >= 0.6 is 0 Å². The molecule has 0 aliphatic carbocycles. The molecule has 3 N–H and O–H groups in total. The normalized spacial score (nSPS) is 11.3. The number of nitrogens with zero attached hydrogens (tertiary/aromatic N) is 5. The molecule has 19 heavy (non-hydrogen) atoms. The second-order valence-electron chi connectivity index (χ2n) is 3.97. The van der Waals surface area contributed by atoms with Crippen molar-refractivity contribution in [3.8, 4) is 0 Å². The highest BCUT2D eigenvalue weighted by atomic mass is 16.4. The van der Waals surface area contributed by atoms with Gasteiger partial charge in [-0.05, 0) is 23.8 Å². The van der Waals surface area contributed by atoms with E-state index in [0.717, 1.165) is 5.56 Å². The minimum atomic E-state index is 0.00600. The number of aromatic nitrogens is 3. The van der Waals surface area contributed by atoms with E-state index in [9.17, 15) is 0 Å². The molecule has 7 nitrogen and oxygen atoms in total. The Morgan fingerprint density at radius 1 is 1.32 bits per heavy atom. The van der Waals surface area contributed by atoms with Crippen LogP contribution in [0, 0.1) is 0 Å². The molecule has 2 aromatic rings. The van der Waals surface area contributed by atoms with Crippen LogP contribution in [0.15, 0.2) is 41.9 Å². The monoisotopic (exact) mass is 258 g/mol. The fourth-order valence-electron chi connectivity index (χ4n) is 1.70. The highest BCUT2D eigenvalue weighted by Crippen LogP contribution is 2.16. The quantitative estimate of drug-likeness (QED) is 0.360. The van der Waals surface area contributed by atoms with Gasteiger partial charge in [-0.15, -0.1) is 5.10 Å². The first-order valence-electron chi connectivity index (χ1n) is 5.62. The van der Waals surface area contributed by atoms with Crippen LogP contribution in [0.4, 0.5) is 5.82 Å². The minimum Gasteiger partial charge on any atom is -0.409 e. The number of oxime groups is 1. The van der Waals surface area contributed by atoms with Crippen molar-refractivity contribution in [2.24, 2.45) is 10.9 Å². The minimum absolute atomic E-state index is 0.00600. The zero-order valence-electron chi connectivity index (χ0n) is 10.4. The molecule has 0 aromatic carbocycles. The van der Waals surface area contributed by atoms with Crippen molar-refractivity contribution in [1.29, 1.82) is 0 Å². The van der Waals surface area contributed by atoms with Gasteiger partial charge in [0, 0.05) is 26.0 Å². The van der Waals surface area contributed by atoms with E-state index >= 15 is 0 Å². The second-order valence-corrected chi connectivity index (χ2v) is 3.97. The molecular formula is C12H14N6O. The van der Waals surface area contributed by atoms with Crippen molar-refractivity contribution in [2.45, 2.75) is 6.54 Å². The number of nitrogens with two attached hydrogens (primary N) is 1. The summed E-state index contributed by atoms with van der Waals surface area (Å²) in [7, 11) is 1.86. The summed E-state index contributed by atoms with van der Waals surface area (Å²) in [5.74, 6) is 0.557. The summed E-state index contributed by atoms with van der Waals surface area (Å²) >= 11 is 0. The van der Waals surface area contributed by atoms with Gasteiger partial charge in [0.2, 0.25) is 0 Å². The van der Waals surface area contributed by atoms with E-state index < -0.39 is 0 Å². The maximum absolute atomic E-state index is 8.77. The summed E-state index contributed by atoms with van der Waals surface area (Å²) in [6, 6.07) is 5.48. The number of hydrogen-bond acceptors (Lipinski definition) is 6. The summed E-state index contributed by atoms with van der Waals surface area (Å²) in [6.45, 7) is 0.618. The lowest BCUT2D eigenvalue weighted by molar-refractivity contribution is 0.318. The van der Waals surface area contributed by atoms with Crippen molar-refractivity contribution in [2.75, 3.05) is 11.9 Å². The summed E-state index contributed by atoms with van der Waals surface area (Å²) < 4.78 is 0. The van der Waals surface area contributed by atoms with Gasteiger partial charge in [-0.25, -0.2) is 0 Å². The van der Waals surface area contributed by atoms with Gasteiger partial charge in [0.25, 0.3) is 0 Å². The number of pyridine rings is 1. The molecule has 0 aliphatic rings. The number of amidine groups is 1. The lowest BCUT2D eigenvalue weighted by Crippen LogP contribution is -2.24. The fourth-order valence-corrected chi connectivity index (χ4v) is 1.70. The van der Waals surface area contributed by atoms with Gasteiger partial charge in [0.1, 0.15) is 0 Å². The smallest absolute Gasteiger partial charge is 0.173 e. The first kappa shape index (κ1) is 12.7. The van der Waals surface area contributed by atoms with E-state index in [-0.39, 0.29) is 5.84 Å². The van der Waals surface area contributed by atoms with Gasteiger partial charge < -0.3 is 15.8 Å². The Bertz CT molecular complexity index is 571. The predicted molar refractivity (Wildman–Crippen MR) is 70.9 cm³/mol. The lowest BCUT2D eigenvalue weighted by Gasteiger charge is -2.19. The van der Waals surface area contributed by atoms with Crippen molar-refractivity contribution in [3.05, 3.63) is 47.9 Å². The van der Waals surface area contributed by atoms with E-state index in [1.165, 1.54) is 6.20 Å².